The molecule has 2 heterocycles. The van der Waals surface area contributed by atoms with Gasteiger partial charge >= 0.3 is 0 Å². The van der Waals surface area contributed by atoms with Crippen LogP contribution >= 0.6 is 11.8 Å². The molecule has 4 rings (SSSR count). The summed E-state index contributed by atoms with van der Waals surface area (Å²) in [4.78, 5) is 38.5. The number of hydrazone groups is 1. The van der Waals surface area contributed by atoms with Crippen molar-refractivity contribution in [1.29, 1.82) is 0 Å². The summed E-state index contributed by atoms with van der Waals surface area (Å²) in [7, 11) is 0. The second-order valence-corrected chi connectivity index (χ2v) is 9.29. The van der Waals surface area contributed by atoms with Crippen LogP contribution in [0.5, 0.6) is 5.75 Å². The number of thioether (sulfide) groups is 1. The molecule has 2 aliphatic rings. The van der Waals surface area contributed by atoms with E-state index in [-0.39, 0.29) is 22.9 Å². The van der Waals surface area contributed by atoms with Crippen molar-refractivity contribution in [3.8, 4) is 5.75 Å². The van der Waals surface area contributed by atoms with Gasteiger partial charge in [0.2, 0.25) is 16.7 Å². The number of para-hydroxylation sites is 1. The summed E-state index contributed by atoms with van der Waals surface area (Å²) in [5.74, 6) is -0.176. The van der Waals surface area contributed by atoms with Gasteiger partial charge in [-0.25, -0.2) is 0 Å². The van der Waals surface area contributed by atoms with Crippen LogP contribution < -0.4 is 15.0 Å². The number of amides is 3. The second-order valence-electron chi connectivity index (χ2n) is 8.11. The van der Waals surface area contributed by atoms with E-state index in [1.54, 1.807) is 4.90 Å². The number of amidine groups is 1. The number of nitrogens with zero attached hydrogens (tertiary/aromatic N) is 3. The van der Waals surface area contributed by atoms with Crippen molar-refractivity contribution in [1.82, 2.24) is 10.3 Å². The Bertz CT molecular complexity index is 1150. The molecule has 172 valence electrons. The maximum atomic E-state index is 13.9. The Morgan fingerprint density at radius 3 is 2.55 bits per heavy atom. The van der Waals surface area contributed by atoms with Crippen LogP contribution in [-0.4, -0.2) is 41.0 Å². The van der Waals surface area contributed by atoms with Crippen LogP contribution in [-0.2, 0) is 19.3 Å². The topological polar surface area (TPSA) is 91.3 Å². The Hall–Kier alpha value is -3.33. The largest absolute Gasteiger partial charge is 0.494 e. The molecule has 0 bridgehead atoms. The van der Waals surface area contributed by atoms with E-state index in [2.05, 4.69) is 10.4 Å². The molecule has 9 heteroatoms. The van der Waals surface area contributed by atoms with E-state index in [0.717, 1.165) is 34.3 Å². The highest BCUT2D eigenvalue weighted by atomic mass is 32.2. The first-order valence-electron chi connectivity index (χ1n) is 10.7. The first-order chi connectivity index (χ1) is 15.7. The lowest BCUT2D eigenvalue weighted by Gasteiger charge is -2.29. The number of carbonyl (C=O) groups is 3. The zero-order chi connectivity index (χ0) is 23.8. The van der Waals surface area contributed by atoms with Gasteiger partial charge in [0.05, 0.1) is 12.3 Å². The number of ether oxygens (including phenoxy) is 1. The minimum Gasteiger partial charge on any atom is -0.494 e. The lowest BCUT2D eigenvalue weighted by Crippen LogP contribution is -2.48. The van der Waals surface area contributed by atoms with Crippen LogP contribution in [0.15, 0.2) is 47.6 Å². The van der Waals surface area contributed by atoms with Crippen LogP contribution in [0.4, 0.5) is 5.69 Å². The molecule has 2 aromatic rings. The first-order valence-corrected chi connectivity index (χ1v) is 11.5. The Morgan fingerprint density at radius 2 is 1.88 bits per heavy atom. The average Bonchev–Trinajstić information content (AvgIpc) is 3.24. The van der Waals surface area contributed by atoms with Crippen molar-refractivity contribution in [2.75, 3.05) is 18.1 Å². The lowest BCUT2D eigenvalue weighted by molar-refractivity contribution is -0.139. The third-order valence-electron chi connectivity index (χ3n) is 5.47. The van der Waals surface area contributed by atoms with Crippen LogP contribution in [0.1, 0.15) is 37.0 Å². The number of anilines is 1. The van der Waals surface area contributed by atoms with Gasteiger partial charge in [-0.1, -0.05) is 35.9 Å². The molecule has 1 N–H and O–H groups in total. The minimum absolute atomic E-state index is 0.227. The summed E-state index contributed by atoms with van der Waals surface area (Å²) < 4.78 is 5.80. The molecule has 0 saturated carbocycles. The highest BCUT2D eigenvalue weighted by Gasteiger charge is 2.61. The van der Waals surface area contributed by atoms with Crippen molar-refractivity contribution >= 4 is 40.3 Å². The van der Waals surface area contributed by atoms with Crippen LogP contribution in [0.3, 0.4) is 0 Å². The first kappa shape index (κ1) is 22.8. The predicted octanol–water partition coefficient (Wildman–Crippen LogP) is 3.27. The van der Waals surface area contributed by atoms with E-state index in [4.69, 9.17) is 4.74 Å². The molecule has 0 saturated heterocycles. The molecule has 0 aromatic heterocycles. The maximum Gasteiger partial charge on any atom is 0.270 e. The molecule has 1 atom stereocenters. The molecule has 0 aliphatic carbocycles. The summed E-state index contributed by atoms with van der Waals surface area (Å²) in [5.41, 5.74) is 3.41. The van der Waals surface area contributed by atoms with Gasteiger partial charge in [-0.2, -0.15) is 5.01 Å². The SMILES string of the molecule is CC(=O)NC1=NN(C(C)=O)C2(S1)C(=O)N(CCCOc1ccccc1)c1c(C)cc(C)cc12. The number of nitrogens with one attached hydrogen (secondary N) is 1. The molecule has 0 radical (unpaired) electrons. The zero-order valence-electron chi connectivity index (χ0n) is 19.0. The van der Waals surface area contributed by atoms with Gasteiger partial charge in [0.25, 0.3) is 5.91 Å². The normalized spacial score (nSPS) is 19.0. The van der Waals surface area contributed by atoms with Gasteiger partial charge in [-0.3, -0.25) is 14.4 Å². The standard InChI is InChI=1S/C24H26N4O4S/c1-15-13-16(2)21-20(14-15)24(28(18(4)30)26-23(33-24)25-17(3)29)22(31)27(21)11-8-12-32-19-9-6-5-7-10-19/h5-7,9-10,13-14H,8,11-12H2,1-4H3,(H,25,26,29). The van der Waals surface area contributed by atoms with Crippen molar-refractivity contribution in [2.45, 2.75) is 39.0 Å². The number of aryl methyl sites for hydroxylation is 2. The molecule has 33 heavy (non-hydrogen) atoms. The van der Waals surface area contributed by atoms with E-state index >= 15 is 0 Å². The summed E-state index contributed by atoms with van der Waals surface area (Å²) >= 11 is 1.09. The molecule has 2 aromatic carbocycles. The number of fused-ring (bicyclic) bond motifs is 2. The fourth-order valence-corrected chi connectivity index (χ4v) is 5.60. The van der Waals surface area contributed by atoms with Crippen molar-refractivity contribution < 1.29 is 19.1 Å². The Morgan fingerprint density at radius 1 is 1.15 bits per heavy atom. The third kappa shape index (κ3) is 4.08. The number of rotatable bonds is 5. The fraction of sp³-hybridized carbons (Fsp3) is 0.333. The van der Waals surface area contributed by atoms with E-state index < -0.39 is 4.87 Å². The zero-order valence-corrected chi connectivity index (χ0v) is 19.9. The second kappa shape index (κ2) is 8.90. The number of hydrogen-bond acceptors (Lipinski definition) is 6. The van der Waals surface area contributed by atoms with E-state index in [1.807, 2.05) is 56.3 Å². The van der Waals surface area contributed by atoms with Gasteiger partial charge < -0.3 is 15.0 Å². The number of carbonyl (C=O) groups excluding carboxylic acids is 3. The highest BCUT2D eigenvalue weighted by Crippen LogP contribution is 2.55. The molecule has 1 unspecified atom stereocenters. The van der Waals surface area contributed by atoms with E-state index in [1.165, 1.54) is 18.9 Å². The van der Waals surface area contributed by atoms with Gasteiger partial charge in [-0.15, -0.1) is 5.10 Å². The lowest BCUT2D eigenvalue weighted by atomic mass is 10.0. The minimum atomic E-state index is -1.38. The molecule has 8 nitrogen and oxygen atoms in total. The van der Waals surface area contributed by atoms with Crippen LogP contribution in [0.2, 0.25) is 0 Å². The number of benzene rings is 2. The van der Waals surface area contributed by atoms with Crippen LogP contribution in [0.25, 0.3) is 0 Å². The van der Waals surface area contributed by atoms with Crippen molar-refractivity contribution in [3.63, 3.8) is 0 Å². The maximum absolute atomic E-state index is 13.9. The molecular formula is C24H26N4O4S. The smallest absolute Gasteiger partial charge is 0.270 e. The predicted molar refractivity (Wildman–Crippen MR) is 128 cm³/mol. The van der Waals surface area contributed by atoms with Crippen molar-refractivity contribution in [3.05, 3.63) is 59.2 Å². The fourth-order valence-electron chi connectivity index (χ4n) is 4.28. The monoisotopic (exact) mass is 466 g/mol. The van der Waals surface area contributed by atoms with Crippen LogP contribution in [0, 0.1) is 13.8 Å². The Balaban J connectivity index is 1.65. The number of hydrogen-bond donors (Lipinski definition) is 1. The van der Waals surface area contributed by atoms with Crippen molar-refractivity contribution in [2.24, 2.45) is 5.10 Å². The average molecular weight is 467 g/mol. The van der Waals surface area contributed by atoms with Gasteiger partial charge in [-0.05, 0) is 49.7 Å². The third-order valence-corrected chi connectivity index (χ3v) is 6.71. The summed E-state index contributed by atoms with van der Waals surface area (Å²) in [6.07, 6.45) is 0.605. The van der Waals surface area contributed by atoms with Gasteiger partial charge in [0.15, 0.2) is 5.17 Å². The summed E-state index contributed by atoms with van der Waals surface area (Å²) in [6, 6.07) is 13.5. The van der Waals surface area contributed by atoms with Gasteiger partial charge in [0, 0.05) is 26.0 Å². The molecule has 3 amide bonds. The molecule has 1 spiro atoms. The Kier molecular flexibility index (Phi) is 6.16. The molecule has 0 fully saturated rings. The summed E-state index contributed by atoms with van der Waals surface area (Å²) in [6.45, 7) is 7.51. The molecule has 2 aliphatic heterocycles. The quantitative estimate of drug-likeness (QED) is 0.683. The Labute approximate surface area is 197 Å². The highest BCUT2D eigenvalue weighted by molar-refractivity contribution is 8.15. The van der Waals surface area contributed by atoms with E-state index in [0.29, 0.717) is 25.1 Å². The molecular weight excluding hydrogens is 440 g/mol. The summed E-state index contributed by atoms with van der Waals surface area (Å²) in [5, 5.41) is 8.36. The van der Waals surface area contributed by atoms with Gasteiger partial charge in [0.1, 0.15) is 5.75 Å². The van der Waals surface area contributed by atoms with E-state index in [9.17, 15) is 14.4 Å².